The van der Waals surface area contributed by atoms with Crippen LogP contribution in [0.1, 0.15) is 6.92 Å². The number of hydrogen-bond acceptors (Lipinski definition) is 8. The van der Waals surface area contributed by atoms with Gasteiger partial charge in [-0.3, -0.25) is 11.3 Å². The fourth-order valence-corrected chi connectivity index (χ4v) is 1.43. The molecule has 0 radical (unpaired) electrons. The third-order valence-corrected chi connectivity index (χ3v) is 2.55. The Morgan fingerprint density at radius 1 is 0.591 bits per heavy atom. The Kier molecular flexibility index (Phi) is 20.4. The van der Waals surface area contributed by atoms with Gasteiger partial charge in [0, 0.05) is 13.1 Å². The van der Waals surface area contributed by atoms with Crippen LogP contribution in [-0.4, -0.2) is 85.7 Å². The molecule has 22 heavy (non-hydrogen) atoms. The van der Waals surface area contributed by atoms with Gasteiger partial charge in [-0.1, -0.05) is 6.92 Å². The lowest BCUT2D eigenvalue weighted by atomic mass is 10.6. The van der Waals surface area contributed by atoms with Crippen molar-refractivity contribution < 1.29 is 23.7 Å². The van der Waals surface area contributed by atoms with Crippen molar-refractivity contribution in [1.82, 2.24) is 10.7 Å². The minimum atomic E-state index is 0.562. The van der Waals surface area contributed by atoms with E-state index in [0.717, 1.165) is 19.7 Å². The van der Waals surface area contributed by atoms with Crippen LogP contribution in [0.15, 0.2) is 0 Å². The number of likely N-dealkylation sites (N-methyl/N-ethyl adjacent to an activating group) is 1. The lowest BCUT2D eigenvalue weighted by molar-refractivity contribution is -0.0105. The monoisotopic (exact) mass is 323 g/mol. The first-order valence-corrected chi connectivity index (χ1v) is 7.94. The highest BCUT2D eigenvalue weighted by Crippen LogP contribution is 1.83. The van der Waals surface area contributed by atoms with Gasteiger partial charge in [0.25, 0.3) is 0 Å². The first-order chi connectivity index (χ1) is 10.9. The number of rotatable bonds is 19. The largest absolute Gasteiger partial charge is 0.378 e. The van der Waals surface area contributed by atoms with Crippen LogP contribution in [-0.2, 0) is 23.7 Å². The van der Waals surface area contributed by atoms with Crippen molar-refractivity contribution >= 4 is 0 Å². The molecule has 0 amide bonds. The van der Waals surface area contributed by atoms with Gasteiger partial charge in [0.2, 0.25) is 0 Å². The molecule has 0 atom stereocenters. The zero-order valence-electron chi connectivity index (χ0n) is 13.8. The maximum atomic E-state index is 5.38. The van der Waals surface area contributed by atoms with Gasteiger partial charge < -0.3 is 29.0 Å². The first-order valence-electron chi connectivity index (χ1n) is 7.94. The topological polar surface area (TPSA) is 96.2 Å². The SMILES string of the molecule is CCNCCOCCOCCOCCOCCOCCNN. The summed E-state index contributed by atoms with van der Waals surface area (Å²) in [4.78, 5) is 0. The quantitative estimate of drug-likeness (QED) is 0.161. The van der Waals surface area contributed by atoms with E-state index >= 15 is 0 Å². The van der Waals surface area contributed by atoms with E-state index in [0.29, 0.717) is 66.0 Å². The van der Waals surface area contributed by atoms with Gasteiger partial charge in [-0.05, 0) is 6.54 Å². The van der Waals surface area contributed by atoms with Crippen LogP contribution in [0, 0.1) is 0 Å². The number of nitrogens with two attached hydrogens (primary N) is 1. The summed E-state index contributed by atoms with van der Waals surface area (Å²) < 4.78 is 26.7. The van der Waals surface area contributed by atoms with E-state index in [1.807, 2.05) is 0 Å². The Labute approximate surface area is 133 Å². The molecule has 0 saturated carbocycles. The molecule has 0 aliphatic rings. The molecule has 134 valence electrons. The third-order valence-electron chi connectivity index (χ3n) is 2.55. The molecular weight excluding hydrogens is 290 g/mol. The zero-order valence-corrected chi connectivity index (χ0v) is 13.8. The van der Waals surface area contributed by atoms with Crippen molar-refractivity contribution in [2.45, 2.75) is 6.92 Å². The van der Waals surface area contributed by atoms with Crippen LogP contribution >= 0.6 is 0 Å². The van der Waals surface area contributed by atoms with E-state index in [-0.39, 0.29) is 0 Å². The second kappa shape index (κ2) is 20.7. The number of nitrogens with one attached hydrogen (secondary N) is 2. The Hall–Kier alpha value is -0.320. The van der Waals surface area contributed by atoms with Crippen LogP contribution in [0.4, 0.5) is 0 Å². The van der Waals surface area contributed by atoms with Crippen LogP contribution in [0.25, 0.3) is 0 Å². The molecule has 8 nitrogen and oxygen atoms in total. The van der Waals surface area contributed by atoms with Crippen molar-refractivity contribution in [1.29, 1.82) is 0 Å². The number of hydrogen-bond donors (Lipinski definition) is 3. The Bertz CT molecular complexity index is 181. The average molecular weight is 323 g/mol. The molecule has 4 N–H and O–H groups in total. The molecule has 0 aromatic heterocycles. The fourth-order valence-electron chi connectivity index (χ4n) is 1.43. The van der Waals surface area contributed by atoms with E-state index in [9.17, 15) is 0 Å². The van der Waals surface area contributed by atoms with Crippen LogP contribution in [0.2, 0.25) is 0 Å². The van der Waals surface area contributed by atoms with Gasteiger partial charge in [0.05, 0.1) is 66.1 Å². The molecule has 0 fully saturated rings. The van der Waals surface area contributed by atoms with Crippen molar-refractivity contribution in [2.75, 3.05) is 85.7 Å². The van der Waals surface area contributed by atoms with E-state index in [1.54, 1.807) is 0 Å². The molecule has 8 heteroatoms. The Morgan fingerprint density at radius 2 is 0.955 bits per heavy atom. The van der Waals surface area contributed by atoms with Gasteiger partial charge >= 0.3 is 0 Å². The maximum absolute atomic E-state index is 5.38. The highest BCUT2D eigenvalue weighted by Gasteiger charge is 1.93. The van der Waals surface area contributed by atoms with Crippen LogP contribution < -0.4 is 16.6 Å². The van der Waals surface area contributed by atoms with E-state index in [4.69, 9.17) is 29.5 Å². The lowest BCUT2D eigenvalue weighted by Crippen LogP contribution is -2.26. The standard InChI is InChI=1S/C14H33N3O5/c1-2-16-3-5-18-7-9-20-11-13-22-14-12-21-10-8-19-6-4-17-15/h16-17H,2-15H2,1H3. The normalized spacial score (nSPS) is 11.2. The molecule has 0 saturated heterocycles. The van der Waals surface area contributed by atoms with E-state index < -0.39 is 0 Å². The third kappa shape index (κ3) is 19.7. The molecule has 0 aromatic carbocycles. The minimum Gasteiger partial charge on any atom is -0.378 e. The Morgan fingerprint density at radius 3 is 1.32 bits per heavy atom. The van der Waals surface area contributed by atoms with Gasteiger partial charge in [0.1, 0.15) is 0 Å². The van der Waals surface area contributed by atoms with Crippen molar-refractivity contribution in [3.8, 4) is 0 Å². The smallest absolute Gasteiger partial charge is 0.0701 e. The summed E-state index contributed by atoms with van der Waals surface area (Å²) in [5.41, 5.74) is 2.51. The van der Waals surface area contributed by atoms with E-state index in [2.05, 4.69) is 17.7 Å². The second-order valence-corrected chi connectivity index (χ2v) is 4.37. The van der Waals surface area contributed by atoms with Gasteiger partial charge in [-0.25, -0.2) is 0 Å². The Balaban J connectivity index is 2.91. The lowest BCUT2D eigenvalue weighted by Gasteiger charge is -2.08. The molecule has 0 spiro atoms. The van der Waals surface area contributed by atoms with Gasteiger partial charge in [0.15, 0.2) is 0 Å². The van der Waals surface area contributed by atoms with Crippen molar-refractivity contribution in [3.05, 3.63) is 0 Å². The minimum absolute atomic E-state index is 0.562. The summed E-state index contributed by atoms with van der Waals surface area (Å²) in [6.45, 7) is 10.5. The molecule has 0 aromatic rings. The highest BCUT2D eigenvalue weighted by atomic mass is 16.6. The van der Waals surface area contributed by atoms with Crippen LogP contribution in [0.5, 0.6) is 0 Å². The molecule has 0 heterocycles. The summed E-state index contributed by atoms with van der Waals surface area (Å²) in [5.74, 6) is 5.10. The summed E-state index contributed by atoms with van der Waals surface area (Å²) >= 11 is 0. The molecule has 0 unspecified atom stereocenters. The number of ether oxygens (including phenoxy) is 5. The average Bonchev–Trinajstić information content (AvgIpc) is 2.54. The summed E-state index contributed by atoms with van der Waals surface area (Å²) in [6, 6.07) is 0. The van der Waals surface area contributed by atoms with Gasteiger partial charge in [-0.15, -0.1) is 0 Å². The highest BCUT2D eigenvalue weighted by molar-refractivity contribution is 4.40. The van der Waals surface area contributed by atoms with Crippen molar-refractivity contribution in [3.63, 3.8) is 0 Å². The predicted molar refractivity (Wildman–Crippen MR) is 84.8 cm³/mol. The maximum Gasteiger partial charge on any atom is 0.0701 e. The zero-order chi connectivity index (χ0) is 16.1. The fraction of sp³-hybridized carbons (Fsp3) is 1.00. The number of hydrazine groups is 1. The first kappa shape index (κ1) is 21.7. The van der Waals surface area contributed by atoms with Gasteiger partial charge in [-0.2, -0.15) is 0 Å². The second-order valence-electron chi connectivity index (χ2n) is 4.37. The molecule has 0 rings (SSSR count). The summed E-state index contributed by atoms with van der Waals surface area (Å²) in [7, 11) is 0. The van der Waals surface area contributed by atoms with Crippen molar-refractivity contribution in [2.24, 2.45) is 5.84 Å². The summed E-state index contributed by atoms with van der Waals surface area (Å²) in [6.07, 6.45) is 0. The molecule has 0 aliphatic heterocycles. The summed E-state index contributed by atoms with van der Waals surface area (Å²) in [5, 5.41) is 3.19. The van der Waals surface area contributed by atoms with E-state index in [1.165, 1.54) is 0 Å². The molecular formula is C14H33N3O5. The molecule has 0 bridgehead atoms. The van der Waals surface area contributed by atoms with Crippen LogP contribution in [0.3, 0.4) is 0 Å². The molecule has 0 aliphatic carbocycles. The predicted octanol–water partition coefficient (Wildman–Crippen LogP) is -0.858.